The van der Waals surface area contributed by atoms with Crippen LogP contribution < -0.4 is 5.32 Å². The van der Waals surface area contributed by atoms with Crippen molar-refractivity contribution in [1.82, 2.24) is 14.9 Å². The van der Waals surface area contributed by atoms with Crippen molar-refractivity contribution in [3.05, 3.63) is 90.5 Å². The molecule has 3 rings (SSSR count). The summed E-state index contributed by atoms with van der Waals surface area (Å²) in [5.74, 6) is -0.226. The maximum absolute atomic E-state index is 13.0. The first-order valence-corrected chi connectivity index (χ1v) is 8.68. The van der Waals surface area contributed by atoms with E-state index in [1.165, 1.54) is 0 Å². The highest BCUT2D eigenvalue weighted by atomic mass is 16.3. The maximum Gasteiger partial charge on any atom is 0.261 e. The molecule has 0 bridgehead atoms. The summed E-state index contributed by atoms with van der Waals surface area (Å²) in [6, 6.07) is 18.1. The second kappa shape index (κ2) is 7.97. The van der Waals surface area contributed by atoms with Gasteiger partial charge in [-0.15, -0.1) is 0 Å². The Kier molecular flexibility index (Phi) is 5.49. The van der Waals surface area contributed by atoms with Gasteiger partial charge in [0.1, 0.15) is 0 Å². The van der Waals surface area contributed by atoms with Gasteiger partial charge in [0, 0.05) is 25.5 Å². The summed E-state index contributed by atoms with van der Waals surface area (Å²) in [7, 11) is 0. The lowest BCUT2D eigenvalue weighted by atomic mass is 9.85. The Morgan fingerprint density at radius 1 is 1.12 bits per heavy atom. The van der Waals surface area contributed by atoms with Crippen LogP contribution >= 0.6 is 0 Å². The fourth-order valence-electron chi connectivity index (χ4n) is 3.00. The zero-order valence-electron chi connectivity index (χ0n) is 14.7. The molecule has 0 saturated carbocycles. The van der Waals surface area contributed by atoms with E-state index in [4.69, 9.17) is 0 Å². The summed E-state index contributed by atoms with van der Waals surface area (Å²) in [6.07, 6.45) is 5.38. The van der Waals surface area contributed by atoms with E-state index < -0.39 is 11.5 Å². The number of aromatic nitrogens is 2. The number of amides is 1. The van der Waals surface area contributed by atoms with E-state index in [0.29, 0.717) is 17.7 Å². The van der Waals surface area contributed by atoms with E-state index in [1.54, 1.807) is 36.8 Å². The predicted molar refractivity (Wildman–Crippen MR) is 100 cm³/mol. The number of nitrogens with one attached hydrogen (secondary N) is 1. The van der Waals surface area contributed by atoms with Crippen LogP contribution in [0.3, 0.4) is 0 Å². The largest absolute Gasteiger partial charge is 0.372 e. The Balaban J connectivity index is 1.78. The zero-order chi connectivity index (χ0) is 18.4. The minimum atomic E-state index is -1.72. The average Bonchev–Trinajstić information content (AvgIpc) is 3.19. The SMILES string of the molecule is CC(CNC(=O)C(O)(c1ccccc1)c1ccccc1)Cn1ccnc1. The van der Waals surface area contributed by atoms with Gasteiger partial charge in [0.15, 0.2) is 5.60 Å². The number of carbonyl (C=O) groups is 1. The van der Waals surface area contributed by atoms with Crippen LogP contribution in [0, 0.1) is 5.92 Å². The van der Waals surface area contributed by atoms with E-state index in [-0.39, 0.29) is 5.92 Å². The molecule has 0 aliphatic carbocycles. The first-order valence-electron chi connectivity index (χ1n) is 8.68. The van der Waals surface area contributed by atoms with Crippen molar-refractivity contribution in [1.29, 1.82) is 0 Å². The molecule has 1 amide bonds. The van der Waals surface area contributed by atoms with Gasteiger partial charge in [0.25, 0.3) is 5.91 Å². The van der Waals surface area contributed by atoms with Crippen molar-refractivity contribution in [3.8, 4) is 0 Å². The second-order valence-corrected chi connectivity index (χ2v) is 6.52. The fourth-order valence-corrected chi connectivity index (χ4v) is 3.00. The van der Waals surface area contributed by atoms with Gasteiger partial charge in [0.05, 0.1) is 6.33 Å². The normalized spacial score (nSPS) is 12.5. The highest BCUT2D eigenvalue weighted by molar-refractivity contribution is 5.90. The molecule has 5 nitrogen and oxygen atoms in total. The number of rotatable bonds is 7. The van der Waals surface area contributed by atoms with Gasteiger partial charge in [-0.2, -0.15) is 0 Å². The third kappa shape index (κ3) is 3.83. The molecule has 0 fully saturated rings. The number of hydrogen-bond acceptors (Lipinski definition) is 3. The number of imidazole rings is 1. The highest BCUT2D eigenvalue weighted by Crippen LogP contribution is 2.29. The van der Waals surface area contributed by atoms with Crippen molar-refractivity contribution in [2.45, 2.75) is 19.1 Å². The van der Waals surface area contributed by atoms with Crippen molar-refractivity contribution in [2.75, 3.05) is 6.54 Å². The van der Waals surface area contributed by atoms with E-state index in [1.807, 2.05) is 54.1 Å². The number of hydrogen-bond donors (Lipinski definition) is 2. The lowest BCUT2D eigenvalue weighted by molar-refractivity contribution is -0.136. The molecule has 0 aliphatic rings. The third-order valence-corrected chi connectivity index (χ3v) is 4.40. The number of carbonyl (C=O) groups excluding carboxylic acids is 1. The highest BCUT2D eigenvalue weighted by Gasteiger charge is 2.39. The molecule has 1 heterocycles. The van der Waals surface area contributed by atoms with Gasteiger partial charge in [-0.05, 0) is 17.0 Å². The molecule has 5 heteroatoms. The topological polar surface area (TPSA) is 67.2 Å². The number of aliphatic hydroxyl groups is 1. The molecule has 3 aromatic rings. The Labute approximate surface area is 153 Å². The van der Waals surface area contributed by atoms with Gasteiger partial charge in [0.2, 0.25) is 0 Å². The molecule has 26 heavy (non-hydrogen) atoms. The Morgan fingerprint density at radius 3 is 2.19 bits per heavy atom. The lowest BCUT2D eigenvalue weighted by Crippen LogP contribution is -2.46. The molecular weight excluding hydrogens is 326 g/mol. The Bertz CT molecular complexity index is 777. The molecular formula is C21H23N3O2. The van der Waals surface area contributed by atoms with Gasteiger partial charge in [-0.3, -0.25) is 4.79 Å². The van der Waals surface area contributed by atoms with Crippen LogP contribution in [-0.2, 0) is 16.9 Å². The molecule has 0 spiro atoms. The van der Waals surface area contributed by atoms with Gasteiger partial charge in [-0.1, -0.05) is 67.6 Å². The second-order valence-electron chi connectivity index (χ2n) is 6.52. The Hall–Kier alpha value is -2.92. The quantitative estimate of drug-likeness (QED) is 0.689. The van der Waals surface area contributed by atoms with Crippen LogP contribution in [0.1, 0.15) is 18.1 Å². The van der Waals surface area contributed by atoms with E-state index in [2.05, 4.69) is 10.3 Å². The van der Waals surface area contributed by atoms with Crippen molar-refractivity contribution in [2.24, 2.45) is 5.92 Å². The van der Waals surface area contributed by atoms with Gasteiger partial charge >= 0.3 is 0 Å². The minimum Gasteiger partial charge on any atom is -0.372 e. The molecule has 1 unspecified atom stereocenters. The van der Waals surface area contributed by atoms with E-state index in [0.717, 1.165) is 6.54 Å². The summed E-state index contributed by atoms with van der Waals surface area (Å²) >= 11 is 0. The van der Waals surface area contributed by atoms with Crippen LogP contribution in [0.15, 0.2) is 79.4 Å². The first-order chi connectivity index (χ1) is 12.6. The maximum atomic E-state index is 13.0. The third-order valence-electron chi connectivity index (χ3n) is 4.40. The van der Waals surface area contributed by atoms with Crippen LogP contribution in [0.2, 0.25) is 0 Å². The summed E-state index contributed by atoms with van der Waals surface area (Å²) in [6.45, 7) is 3.25. The zero-order valence-corrected chi connectivity index (χ0v) is 14.7. The molecule has 0 saturated heterocycles. The lowest BCUT2D eigenvalue weighted by Gasteiger charge is -2.28. The van der Waals surface area contributed by atoms with Crippen LogP contribution in [0.5, 0.6) is 0 Å². The standard InChI is InChI=1S/C21H23N3O2/c1-17(15-24-13-12-22-16-24)14-23-20(25)21(26,18-8-4-2-5-9-18)19-10-6-3-7-11-19/h2-13,16-17,26H,14-15H2,1H3,(H,23,25). The molecule has 0 aliphatic heterocycles. The summed E-state index contributed by atoms with van der Waals surface area (Å²) in [4.78, 5) is 17.0. The van der Waals surface area contributed by atoms with Crippen LogP contribution in [0.25, 0.3) is 0 Å². The summed E-state index contributed by atoms with van der Waals surface area (Å²) in [5.41, 5.74) is -0.631. The minimum absolute atomic E-state index is 0.198. The summed E-state index contributed by atoms with van der Waals surface area (Å²) in [5, 5.41) is 14.3. The van der Waals surface area contributed by atoms with E-state index >= 15 is 0 Å². The average molecular weight is 349 g/mol. The number of benzene rings is 2. The Morgan fingerprint density at radius 2 is 1.69 bits per heavy atom. The van der Waals surface area contributed by atoms with Crippen molar-refractivity contribution >= 4 is 5.91 Å². The molecule has 2 aromatic carbocycles. The molecule has 1 atom stereocenters. The molecule has 134 valence electrons. The summed E-state index contributed by atoms with van der Waals surface area (Å²) < 4.78 is 1.97. The van der Waals surface area contributed by atoms with Crippen molar-refractivity contribution in [3.63, 3.8) is 0 Å². The fraction of sp³-hybridized carbons (Fsp3) is 0.238. The van der Waals surface area contributed by atoms with Crippen molar-refractivity contribution < 1.29 is 9.90 Å². The molecule has 2 N–H and O–H groups in total. The molecule has 0 radical (unpaired) electrons. The molecule has 1 aromatic heterocycles. The van der Waals surface area contributed by atoms with Gasteiger partial charge < -0.3 is 15.0 Å². The first kappa shape index (κ1) is 17.9. The van der Waals surface area contributed by atoms with E-state index in [9.17, 15) is 9.90 Å². The van der Waals surface area contributed by atoms with Crippen LogP contribution in [0.4, 0.5) is 0 Å². The predicted octanol–water partition coefficient (Wildman–Crippen LogP) is 2.57. The smallest absolute Gasteiger partial charge is 0.261 e. The number of nitrogens with zero attached hydrogens (tertiary/aromatic N) is 2. The van der Waals surface area contributed by atoms with Gasteiger partial charge in [-0.25, -0.2) is 4.98 Å². The van der Waals surface area contributed by atoms with Crippen LogP contribution in [-0.4, -0.2) is 27.1 Å². The monoisotopic (exact) mass is 349 g/mol.